The van der Waals surface area contributed by atoms with Gasteiger partial charge in [-0.25, -0.2) is 14.5 Å². The van der Waals surface area contributed by atoms with E-state index in [1.165, 1.54) is 4.68 Å². The van der Waals surface area contributed by atoms with Crippen LogP contribution in [0.25, 0.3) is 5.82 Å². The number of nitrogens with zero attached hydrogens (tertiary/aromatic N) is 3. The number of esters is 1. The first kappa shape index (κ1) is 16.7. The molecule has 6 nitrogen and oxygen atoms in total. The summed E-state index contributed by atoms with van der Waals surface area (Å²) >= 11 is 6.20. The SMILES string of the molecule is [2H]C([2H])(COc1ccn(-c2ccc(C(=O)OC(C)(C)C)c(Cl)n2)n1)C1C2(CC2)C12CC2. The van der Waals surface area contributed by atoms with Crippen LogP contribution in [0.3, 0.4) is 0 Å². The Bertz CT molecular complexity index is 1040. The maximum absolute atomic E-state index is 12.2. The van der Waals surface area contributed by atoms with E-state index in [-0.39, 0.29) is 34.1 Å². The second kappa shape index (κ2) is 6.21. The molecule has 154 valence electrons. The minimum absolute atomic E-state index is 0.00997. The highest BCUT2D eigenvalue weighted by atomic mass is 35.5. The van der Waals surface area contributed by atoms with Crippen LogP contribution in [0.1, 0.15) is 65.9 Å². The van der Waals surface area contributed by atoms with E-state index in [0.29, 0.717) is 11.7 Å². The first-order valence-electron chi connectivity index (χ1n) is 11.1. The van der Waals surface area contributed by atoms with E-state index in [9.17, 15) is 4.79 Å². The number of pyridine rings is 1. The van der Waals surface area contributed by atoms with Crippen molar-refractivity contribution in [3.8, 4) is 11.7 Å². The van der Waals surface area contributed by atoms with Gasteiger partial charge in [-0.3, -0.25) is 0 Å². The van der Waals surface area contributed by atoms with E-state index >= 15 is 0 Å². The van der Waals surface area contributed by atoms with Crippen molar-refractivity contribution in [2.24, 2.45) is 16.7 Å². The predicted molar refractivity (Wildman–Crippen MR) is 108 cm³/mol. The van der Waals surface area contributed by atoms with Crippen molar-refractivity contribution in [2.45, 2.75) is 58.4 Å². The smallest absolute Gasteiger partial charge is 0.341 e. The summed E-state index contributed by atoms with van der Waals surface area (Å²) in [5, 5.41) is 4.36. The highest BCUT2D eigenvalue weighted by Gasteiger charge is 2.85. The van der Waals surface area contributed by atoms with Crippen molar-refractivity contribution >= 4 is 17.6 Å². The average Bonchev–Trinajstić information content (AvgIpc) is 3.62. The third-order valence-electron chi connectivity index (χ3n) is 6.35. The lowest BCUT2D eigenvalue weighted by Crippen LogP contribution is -2.24. The zero-order valence-electron chi connectivity index (χ0n) is 18.9. The number of fused-ring (bicyclic) bond motifs is 1. The van der Waals surface area contributed by atoms with Gasteiger partial charge in [0.2, 0.25) is 5.88 Å². The molecule has 2 spiro atoms. The van der Waals surface area contributed by atoms with Crippen molar-refractivity contribution in [3.63, 3.8) is 0 Å². The molecule has 29 heavy (non-hydrogen) atoms. The molecule has 7 heteroatoms. The zero-order valence-corrected chi connectivity index (χ0v) is 17.6. The van der Waals surface area contributed by atoms with Crippen LogP contribution < -0.4 is 4.74 Å². The van der Waals surface area contributed by atoms with E-state index in [0.717, 1.165) is 25.7 Å². The van der Waals surface area contributed by atoms with Gasteiger partial charge in [0.05, 0.1) is 12.2 Å². The molecule has 5 rings (SSSR count). The summed E-state index contributed by atoms with van der Waals surface area (Å²) < 4.78 is 29.6. The van der Waals surface area contributed by atoms with E-state index < -0.39 is 17.9 Å². The van der Waals surface area contributed by atoms with Gasteiger partial charge in [-0.2, -0.15) is 0 Å². The summed E-state index contributed by atoms with van der Waals surface area (Å²) in [6.45, 7) is 5.34. The third kappa shape index (κ3) is 3.21. The number of hydrogen-bond donors (Lipinski definition) is 0. The van der Waals surface area contributed by atoms with Gasteiger partial charge in [-0.05, 0) is 81.7 Å². The summed E-state index contributed by atoms with van der Waals surface area (Å²) in [5.41, 5.74) is 0.104. The van der Waals surface area contributed by atoms with Gasteiger partial charge in [-0.1, -0.05) is 11.6 Å². The average molecular weight is 418 g/mol. The number of rotatable bonds is 6. The molecule has 0 unspecified atom stereocenters. The fourth-order valence-electron chi connectivity index (χ4n) is 4.72. The maximum atomic E-state index is 12.2. The number of aromatic nitrogens is 3. The molecule has 3 fully saturated rings. The van der Waals surface area contributed by atoms with Crippen LogP contribution in [-0.2, 0) is 4.74 Å². The molecular formula is C22H26ClN3O3. The molecule has 0 bridgehead atoms. The van der Waals surface area contributed by atoms with Gasteiger partial charge >= 0.3 is 5.97 Å². The van der Waals surface area contributed by atoms with E-state index in [1.54, 1.807) is 45.2 Å². The Kier molecular flexibility index (Phi) is 3.57. The van der Waals surface area contributed by atoms with Crippen LogP contribution in [-0.4, -0.2) is 32.9 Å². The topological polar surface area (TPSA) is 66.2 Å². The van der Waals surface area contributed by atoms with Gasteiger partial charge in [0.15, 0.2) is 5.82 Å². The van der Waals surface area contributed by atoms with Gasteiger partial charge in [0, 0.05) is 15.0 Å². The molecule has 0 amide bonds. The summed E-state index contributed by atoms with van der Waals surface area (Å²) in [6, 6.07) is 4.84. The molecule has 0 radical (unpaired) electrons. The van der Waals surface area contributed by atoms with Crippen molar-refractivity contribution in [3.05, 3.63) is 35.1 Å². The predicted octanol–water partition coefficient (Wildman–Crippen LogP) is 4.84. The number of halogens is 1. The Morgan fingerprint density at radius 3 is 2.55 bits per heavy atom. The van der Waals surface area contributed by atoms with E-state index in [1.807, 2.05) is 0 Å². The largest absolute Gasteiger partial charge is 0.477 e. The highest BCUT2D eigenvalue weighted by Crippen LogP contribution is 2.93. The molecule has 3 aliphatic carbocycles. The highest BCUT2D eigenvalue weighted by molar-refractivity contribution is 6.32. The first-order valence-corrected chi connectivity index (χ1v) is 10.4. The second-order valence-electron chi connectivity index (χ2n) is 9.35. The van der Waals surface area contributed by atoms with E-state index in [4.69, 9.17) is 23.8 Å². The molecule has 0 atom stereocenters. The van der Waals surface area contributed by atoms with Crippen molar-refractivity contribution in [2.75, 3.05) is 6.61 Å². The normalized spacial score (nSPS) is 22.2. The summed E-state index contributed by atoms with van der Waals surface area (Å²) in [7, 11) is 0. The molecule has 0 aliphatic heterocycles. The molecular weight excluding hydrogens is 390 g/mol. The molecule has 2 aromatic rings. The van der Waals surface area contributed by atoms with Gasteiger partial charge < -0.3 is 9.47 Å². The summed E-state index contributed by atoms with van der Waals surface area (Å²) in [6.07, 6.45) is 4.97. The molecule has 0 aromatic carbocycles. The molecule has 0 N–H and O–H groups in total. The fraction of sp³-hybridized carbons (Fsp3) is 0.591. The number of ether oxygens (including phenoxy) is 2. The van der Waals surface area contributed by atoms with Crippen LogP contribution in [0, 0.1) is 16.7 Å². The van der Waals surface area contributed by atoms with Gasteiger partial charge in [0.25, 0.3) is 0 Å². The lowest BCUT2D eigenvalue weighted by Gasteiger charge is -2.19. The van der Waals surface area contributed by atoms with Crippen LogP contribution in [0.5, 0.6) is 5.88 Å². The minimum atomic E-state index is -1.35. The summed E-state index contributed by atoms with van der Waals surface area (Å²) in [5.74, 6) is 0.334. The van der Waals surface area contributed by atoms with Crippen LogP contribution in [0.15, 0.2) is 24.4 Å². The van der Waals surface area contributed by atoms with E-state index in [2.05, 4.69) is 10.1 Å². The number of carbonyl (C=O) groups excluding carboxylic acids is 1. The van der Waals surface area contributed by atoms with Crippen LogP contribution >= 0.6 is 11.6 Å². The van der Waals surface area contributed by atoms with Crippen molar-refractivity contribution < 1.29 is 17.0 Å². The third-order valence-corrected chi connectivity index (χ3v) is 6.64. The molecule has 0 saturated heterocycles. The number of carbonyl (C=O) groups is 1. The van der Waals surface area contributed by atoms with Gasteiger partial charge in [-0.15, -0.1) is 5.10 Å². The Hall–Kier alpha value is -2.08. The second-order valence-corrected chi connectivity index (χ2v) is 9.70. The van der Waals surface area contributed by atoms with Crippen LogP contribution in [0.2, 0.25) is 5.15 Å². The quantitative estimate of drug-likeness (QED) is 0.497. The van der Waals surface area contributed by atoms with Crippen molar-refractivity contribution in [1.29, 1.82) is 0 Å². The Labute approximate surface area is 178 Å². The van der Waals surface area contributed by atoms with Crippen molar-refractivity contribution in [1.82, 2.24) is 14.8 Å². The lowest BCUT2D eigenvalue weighted by molar-refractivity contribution is 0.00693. The Morgan fingerprint density at radius 1 is 1.28 bits per heavy atom. The Balaban J connectivity index is 1.24. The fourth-order valence-corrected chi connectivity index (χ4v) is 4.95. The van der Waals surface area contributed by atoms with Crippen LogP contribution in [0.4, 0.5) is 0 Å². The summed E-state index contributed by atoms with van der Waals surface area (Å²) in [4.78, 5) is 16.5. The molecule has 2 aromatic heterocycles. The monoisotopic (exact) mass is 417 g/mol. The maximum Gasteiger partial charge on any atom is 0.341 e. The lowest BCUT2D eigenvalue weighted by atomic mass is 10.2. The Morgan fingerprint density at radius 2 is 1.97 bits per heavy atom. The molecule has 3 saturated carbocycles. The standard InChI is InChI=1S/C22H26ClN3O3/c1-20(2,3)29-19(27)14-4-5-16(24-18(14)23)26-12-6-17(25-26)28-13-7-15-21(8-9-21)22(15)10-11-22/h4-6,12,15H,7-11,13H2,1-3H3/i7D2. The van der Waals surface area contributed by atoms with Gasteiger partial charge in [0.1, 0.15) is 10.8 Å². The molecule has 3 aliphatic rings. The number of hydrogen-bond acceptors (Lipinski definition) is 5. The minimum Gasteiger partial charge on any atom is -0.477 e. The zero-order chi connectivity index (χ0) is 22.2. The first-order chi connectivity index (χ1) is 14.5. The molecule has 2 heterocycles.